The van der Waals surface area contributed by atoms with Crippen LogP contribution in [0.2, 0.25) is 0 Å². The van der Waals surface area contributed by atoms with E-state index in [9.17, 15) is 9.18 Å². The number of nitrogens with zero attached hydrogens (tertiary/aromatic N) is 2. The molecule has 5 heteroatoms. The molecule has 18 heavy (non-hydrogen) atoms. The summed E-state index contributed by atoms with van der Waals surface area (Å²) in [6.45, 7) is 0.247. The van der Waals surface area contributed by atoms with E-state index in [1.54, 1.807) is 11.0 Å². The van der Waals surface area contributed by atoms with Crippen molar-refractivity contribution in [1.29, 1.82) is 0 Å². The molecule has 1 unspecified atom stereocenters. The van der Waals surface area contributed by atoms with Crippen molar-refractivity contribution in [3.63, 3.8) is 0 Å². The van der Waals surface area contributed by atoms with Gasteiger partial charge in [-0.1, -0.05) is 12.1 Å². The molecule has 1 aromatic carbocycles. The third-order valence-corrected chi connectivity index (χ3v) is 3.20. The maximum Gasteiger partial charge on any atom is 0.256 e. The molecule has 1 aromatic rings. The molecule has 0 aliphatic carbocycles. The van der Waals surface area contributed by atoms with Crippen LogP contribution in [-0.2, 0) is 0 Å². The van der Waals surface area contributed by atoms with Crippen LogP contribution in [-0.4, -0.2) is 49.6 Å². The molecule has 1 aliphatic rings. The van der Waals surface area contributed by atoms with E-state index in [4.69, 9.17) is 5.73 Å². The molecular formula is C13H18FN3O. The molecule has 4 nitrogen and oxygen atoms in total. The van der Waals surface area contributed by atoms with Crippen LogP contribution in [0.4, 0.5) is 10.1 Å². The van der Waals surface area contributed by atoms with E-state index in [1.807, 2.05) is 31.1 Å². The summed E-state index contributed by atoms with van der Waals surface area (Å²) in [7, 11) is 3.87. The highest BCUT2D eigenvalue weighted by atomic mass is 19.1. The van der Waals surface area contributed by atoms with Gasteiger partial charge in [-0.05, 0) is 25.7 Å². The molecule has 0 aromatic heterocycles. The molecule has 1 atom stereocenters. The van der Waals surface area contributed by atoms with Crippen LogP contribution >= 0.6 is 0 Å². The van der Waals surface area contributed by atoms with Crippen LogP contribution in [0.1, 0.15) is 22.0 Å². The minimum atomic E-state index is -0.538. The molecule has 2 N–H and O–H groups in total. The van der Waals surface area contributed by atoms with E-state index in [-0.39, 0.29) is 18.5 Å². The minimum absolute atomic E-state index is 0.109. The SMILES string of the molecule is CN(C)CC1c2cccc(N)c2C(=O)N1CCF. The summed E-state index contributed by atoms with van der Waals surface area (Å²) in [5.41, 5.74) is 7.78. The molecule has 0 saturated heterocycles. The van der Waals surface area contributed by atoms with Crippen molar-refractivity contribution < 1.29 is 9.18 Å². The largest absolute Gasteiger partial charge is 0.398 e. The Morgan fingerprint density at radius 2 is 2.17 bits per heavy atom. The topological polar surface area (TPSA) is 49.6 Å². The predicted molar refractivity (Wildman–Crippen MR) is 69.2 cm³/mol. The lowest BCUT2D eigenvalue weighted by molar-refractivity contribution is 0.0687. The lowest BCUT2D eigenvalue weighted by atomic mass is 10.0. The van der Waals surface area contributed by atoms with Gasteiger partial charge in [0.15, 0.2) is 0 Å². The Balaban J connectivity index is 2.42. The van der Waals surface area contributed by atoms with Crippen molar-refractivity contribution in [1.82, 2.24) is 9.80 Å². The molecular weight excluding hydrogens is 233 g/mol. The van der Waals surface area contributed by atoms with E-state index in [1.165, 1.54) is 0 Å². The number of halogens is 1. The van der Waals surface area contributed by atoms with Crippen LogP contribution in [0, 0.1) is 0 Å². The summed E-state index contributed by atoms with van der Waals surface area (Å²) in [6, 6.07) is 5.34. The molecule has 1 amide bonds. The number of hydrogen-bond acceptors (Lipinski definition) is 3. The molecule has 1 aliphatic heterocycles. The maximum absolute atomic E-state index is 12.6. The highest BCUT2D eigenvalue weighted by molar-refractivity contribution is 6.03. The number of carbonyl (C=O) groups excluding carboxylic acids is 1. The van der Waals surface area contributed by atoms with Gasteiger partial charge in [-0.25, -0.2) is 4.39 Å². The lowest BCUT2D eigenvalue weighted by Gasteiger charge is -2.26. The zero-order valence-corrected chi connectivity index (χ0v) is 10.7. The maximum atomic E-state index is 12.6. The van der Waals surface area contributed by atoms with Gasteiger partial charge in [-0.2, -0.15) is 0 Å². The van der Waals surface area contributed by atoms with Gasteiger partial charge >= 0.3 is 0 Å². The molecule has 0 bridgehead atoms. The third kappa shape index (κ3) is 2.06. The van der Waals surface area contributed by atoms with Gasteiger partial charge in [0.1, 0.15) is 6.67 Å². The van der Waals surface area contributed by atoms with Gasteiger partial charge in [0, 0.05) is 12.2 Å². The first-order valence-corrected chi connectivity index (χ1v) is 5.96. The van der Waals surface area contributed by atoms with Crippen LogP contribution in [0.5, 0.6) is 0 Å². The van der Waals surface area contributed by atoms with Crippen molar-refractivity contribution in [3.8, 4) is 0 Å². The first kappa shape index (κ1) is 12.8. The molecule has 0 spiro atoms. The number of hydrogen-bond donors (Lipinski definition) is 1. The van der Waals surface area contributed by atoms with Crippen molar-refractivity contribution in [3.05, 3.63) is 29.3 Å². The number of benzene rings is 1. The van der Waals surface area contributed by atoms with Gasteiger partial charge in [-0.3, -0.25) is 4.79 Å². The fourth-order valence-corrected chi connectivity index (χ4v) is 2.46. The number of fused-ring (bicyclic) bond motifs is 1. The number of carbonyl (C=O) groups is 1. The van der Waals surface area contributed by atoms with Gasteiger partial charge in [0.25, 0.3) is 5.91 Å². The molecule has 0 fully saturated rings. The Morgan fingerprint density at radius 3 is 2.78 bits per heavy atom. The quantitative estimate of drug-likeness (QED) is 0.820. The van der Waals surface area contributed by atoms with E-state index < -0.39 is 6.67 Å². The van der Waals surface area contributed by atoms with Crippen molar-refractivity contribution in [2.75, 3.05) is 39.6 Å². The standard InChI is InChI=1S/C13H18FN3O/c1-16(2)8-11-9-4-3-5-10(15)12(9)13(18)17(11)7-6-14/h3-5,11H,6-8,15H2,1-2H3. The Labute approximate surface area is 106 Å². The Bertz CT molecular complexity index is 462. The summed E-state index contributed by atoms with van der Waals surface area (Å²) >= 11 is 0. The van der Waals surface area contributed by atoms with Gasteiger partial charge < -0.3 is 15.5 Å². The van der Waals surface area contributed by atoms with Crippen LogP contribution < -0.4 is 5.73 Å². The molecule has 1 heterocycles. The summed E-state index contributed by atoms with van der Waals surface area (Å²) < 4.78 is 12.6. The Morgan fingerprint density at radius 1 is 1.44 bits per heavy atom. The number of amides is 1. The summed E-state index contributed by atoms with van der Waals surface area (Å²) in [5, 5.41) is 0. The Hall–Kier alpha value is -1.62. The predicted octanol–water partition coefficient (Wildman–Crippen LogP) is 1.30. The number of nitrogens with two attached hydrogens (primary N) is 1. The number of rotatable bonds is 4. The fraction of sp³-hybridized carbons (Fsp3) is 0.462. The molecule has 2 rings (SSSR count). The number of likely N-dealkylation sites (N-methyl/N-ethyl adjacent to an activating group) is 1. The third-order valence-electron chi connectivity index (χ3n) is 3.20. The summed E-state index contributed by atoms with van der Waals surface area (Å²) in [6.07, 6.45) is 0. The van der Waals surface area contributed by atoms with Crippen LogP contribution in [0.3, 0.4) is 0 Å². The van der Waals surface area contributed by atoms with Crippen molar-refractivity contribution in [2.45, 2.75) is 6.04 Å². The van der Waals surface area contributed by atoms with Crippen LogP contribution in [0.15, 0.2) is 18.2 Å². The van der Waals surface area contributed by atoms with E-state index in [0.717, 1.165) is 5.56 Å². The second-order valence-electron chi connectivity index (χ2n) is 4.78. The second kappa shape index (κ2) is 4.94. The second-order valence-corrected chi connectivity index (χ2v) is 4.78. The van der Waals surface area contributed by atoms with Crippen LogP contribution in [0.25, 0.3) is 0 Å². The normalized spacial score (nSPS) is 18.6. The number of nitrogen functional groups attached to an aromatic ring is 1. The van der Waals surface area contributed by atoms with Gasteiger partial charge in [-0.15, -0.1) is 0 Å². The first-order valence-electron chi connectivity index (χ1n) is 5.96. The van der Waals surface area contributed by atoms with Crippen molar-refractivity contribution >= 4 is 11.6 Å². The Kier molecular flexibility index (Phi) is 3.52. The monoisotopic (exact) mass is 251 g/mol. The average molecular weight is 251 g/mol. The minimum Gasteiger partial charge on any atom is -0.398 e. The highest BCUT2D eigenvalue weighted by Gasteiger charge is 2.37. The van der Waals surface area contributed by atoms with E-state index in [0.29, 0.717) is 17.8 Å². The summed E-state index contributed by atoms with van der Waals surface area (Å²) in [5.74, 6) is -0.160. The number of anilines is 1. The average Bonchev–Trinajstić information content (AvgIpc) is 2.56. The van der Waals surface area contributed by atoms with Gasteiger partial charge in [0.05, 0.1) is 18.2 Å². The van der Waals surface area contributed by atoms with E-state index >= 15 is 0 Å². The fourth-order valence-electron chi connectivity index (χ4n) is 2.46. The highest BCUT2D eigenvalue weighted by Crippen LogP contribution is 2.36. The molecule has 98 valence electrons. The van der Waals surface area contributed by atoms with E-state index in [2.05, 4.69) is 0 Å². The number of alkyl halides is 1. The zero-order valence-electron chi connectivity index (χ0n) is 10.7. The lowest BCUT2D eigenvalue weighted by Crippen LogP contribution is -2.35. The summed E-state index contributed by atoms with van der Waals surface area (Å²) in [4.78, 5) is 15.8. The van der Waals surface area contributed by atoms with Crippen molar-refractivity contribution in [2.24, 2.45) is 0 Å². The van der Waals surface area contributed by atoms with Gasteiger partial charge in [0.2, 0.25) is 0 Å². The first-order chi connectivity index (χ1) is 8.56. The molecule has 0 saturated carbocycles. The smallest absolute Gasteiger partial charge is 0.256 e. The zero-order chi connectivity index (χ0) is 13.3. The molecule has 0 radical (unpaired) electrons.